The fraction of sp³-hybridized carbons (Fsp3) is 0.176. The number of likely N-dealkylation sites (N-methyl/N-ethyl adjacent to an activating group) is 1. The van der Waals surface area contributed by atoms with Crippen LogP contribution in [0.25, 0.3) is 6.08 Å². The maximum atomic E-state index is 10.9. The van der Waals surface area contributed by atoms with E-state index >= 15 is 0 Å². The standard InChI is InChI=1S/C17H14N2O4/c1-11-9-12-10-13(19(20)21)7-8-15(12)22-17(11)18(2)14-5-3-4-6-16(14)23-17/h3-10H,1-2H3. The molecule has 0 amide bonds. The molecule has 6 heteroatoms. The Balaban J connectivity index is 1.80. The molecule has 1 atom stereocenters. The van der Waals surface area contributed by atoms with Crippen LogP contribution in [0.3, 0.4) is 0 Å². The molecule has 6 nitrogen and oxygen atoms in total. The zero-order chi connectivity index (χ0) is 16.2. The summed E-state index contributed by atoms with van der Waals surface area (Å²) in [6.07, 6.45) is 1.87. The molecule has 0 fully saturated rings. The molecule has 0 saturated carbocycles. The van der Waals surface area contributed by atoms with E-state index in [1.807, 2.05) is 49.2 Å². The van der Waals surface area contributed by atoms with E-state index in [1.54, 1.807) is 6.07 Å². The summed E-state index contributed by atoms with van der Waals surface area (Å²) >= 11 is 0. The first-order valence-corrected chi connectivity index (χ1v) is 7.19. The SMILES string of the molecule is CC1=Cc2cc([N+](=O)[O-])ccc2OC12Oc1ccccc1N2C. The van der Waals surface area contributed by atoms with Crippen LogP contribution in [0.15, 0.2) is 48.0 Å². The second-order valence-corrected chi connectivity index (χ2v) is 5.62. The molecule has 116 valence electrons. The average molecular weight is 310 g/mol. The van der Waals surface area contributed by atoms with Crippen LogP contribution >= 0.6 is 0 Å². The fourth-order valence-corrected chi connectivity index (χ4v) is 3.04. The molecule has 2 aromatic rings. The smallest absolute Gasteiger partial charge is 0.363 e. The minimum atomic E-state index is -1.05. The van der Waals surface area contributed by atoms with Gasteiger partial charge in [0.05, 0.1) is 10.6 Å². The van der Waals surface area contributed by atoms with Crippen LogP contribution in [0.1, 0.15) is 12.5 Å². The van der Waals surface area contributed by atoms with Crippen molar-refractivity contribution >= 4 is 17.5 Å². The molecule has 0 radical (unpaired) electrons. The number of hydrogen-bond acceptors (Lipinski definition) is 5. The summed E-state index contributed by atoms with van der Waals surface area (Å²) < 4.78 is 12.2. The summed E-state index contributed by atoms with van der Waals surface area (Å²) in [7, 11) is 1.90. The van der Waals surface area contributed by atoms with Gasteiger partial charge in [-0.2, -0.15) is 0 Å². The van der Waals surface area contributed by atoms with Gasteiger partial charge in [-0.25, -0.2) is 0 Å². The van der Waals surface area contributed by atoms with Crippen molar-refractivity contribution in [1.82, 2.24) is 0 Å². The molecule has 2 heterocycles. The lowest BCUT2D eigenvalue weighted by molar-refractivity contribution is -0.384. The van der Waals surface area contributed by atoms with Gasteiger partial charge in [0.2, 0.25) is 0 Å². The number of nitrogens with zero attached hydrogens (tertiary/aromatic N) is 2. The third-order valence-electron chi connectivity index (χ3n) is 4.24. The summed E-state index contributed by atoms with van der Waals surface area (Å²) in [5.74, 6) is 0.251. The van der Waals surface area contributed by atoms with Gasteiger partial charge in [-0.3, -0.25) is 15.0 Å². The number of ether oxygens (including phenoxy) is 2. The molecule has 4 rings (SSSR count). The van der Waals surface area contributed by atoms with E-state index in [1.165, 1.54) is 12.1 Å². The number of nitro groups is 1. The highest BCUT2D eigenvalue weighted by Crippen LogP contribution is 2.48. The molecule has 0 bridgehead atoms. The van der Waals surface area contributed by atoms with Gasteiger partial charge in [0.15, 0.2) is 0 Å². The fourth-order valence-electron chi connectivity index (χ4n) is 3.04. The monoisotopic (exact) mass is 310 g/mol. The lowest BCUT2D eigenvalue weighted by atomic mass is 10.0. The summed E-state index contributed by atoms with van der Waals surface area (Å²) in [6, 6.07) is 12.3. The second-order valence-electron chi connectivity index (χ2n) is 5.62. The number of nitro benzene ring substituents is 1. The molecule has 2 aromatic carbocycles. The molecule has 1 unspecified atom stereocenters. The maximum Gasteiger partial charge on any atom is 0.363 e. The molecule has 0 N–H and O–H groups in total. The van der Waals surface area contributed by atoms with E-state index < -0.39 is 10.8 Å². The number of benzene rings is 2. The zero-order valence-electron chi connectivity index (χ0n) is 12.6. The molecule has 0 saturated heterocycles. The molecule has 0 aliphatic carbocycles. The van der Waals surface area contributed by atoms with Gasteiger partial charge in [0, 0.05) is 30.3 Å². The molecule has 1 spiro atoms. The van der Waals surface area contributed by atoms with Crippen molar-refractivity contribution < 1.29 is 14.4 Å². The van der Waals surface area contributed by atoms with Crippen LogP contribution in [-0.2, 0) is 0 Å². The summed E-state index contributed by atoms with van der Waals surface area (Å²) in [6.45, 7) is 1.89. The van der Waals surface area contributed by atoms with Crippen LogP contribution in [0.4, 0.5) is 11.4 Å². The van der Waals surface area contributed by atoms with Crippen LogP contribution in [0.5, 0.6) is 11.5 Å². The highest BCUT2D eigenvalue weighted by atomic mass is 16.7. The first-order valence-electron chi connectivity index (χ1n) is 7.19. The lowest BCUT2D eigenvalue weighted by Crippen LogP contribution is -2.54. The highest BCUT2D eigenvalue weighted by molar-refractivity contribution is 5.71. The van der Waals surface area contributed by atoms with Crippen molar-refractivity contribution in [3.63, 3.8) is 0 Å². The van der Waals surface area contributed by atoms with Gasteiger partial charge in [0.1, 0.15) is 11.5 Å². The Morgan fingerprint density at radius 3 is 2.61 bits per heavy atom. The van der Waals surface area contributed by atoms with Gasteiger partial charge >= 0.3 is 5.91 Å². The van der Waals surface area contributed by atoms with Crippen LogP contribution in [0, 0.1) is 10.1 Å². The Bertz CT molecular complexity index is 861. The Labute approximate surface area is 132 Å². The second kappa shape index (κ2) is 4.49. The average Bonchev–Trinajstić information content (AvgIpc) is 2.82. The predicted molar refractivity (Wildman–Crippen MR) is 85.6 cm³/mol. The highest BCUT2D eigenvalue weighted by Gasteiger charge is 2.50. The molecular weight excluding hydrogens is 296 g/mol. The Morgan fingerprint density at radius 2 is 1.87 bits per heavy atom. The molecule has 2 aliphatic heterocycles. The molecule has 0 aromatic heterocycles. The van der Waals surface area contributed by atoms with E-state index in [0.717, 1.165) is 17.0 Å². The summed E-state index contributed by atoms with van der Waals surface area (Å²) in [5, 5.41) is 10.9. The molecule has 2 aliphatic rings. The summed E-state index contributed by atoms with van der Waals surface area (Å²) in [5.41, 5.74) is 2.47. The predicted octanol–water partition coefficient (Wildman–Crippen LogP) is 3.57. The molecule has 23 heavy (non-hydrogen) atoms. The van der Waals surface area contributed by atoms with E-state index in [0.29, 0.717) is 11.3 Å². The number of hydrogen-bond donors (Lipinski definition) is 0. The third kappa shape index (κ3) is 1.81. The van der Waals surface area contributed by atoms with Crippen molar-refractivity contribution in [1.29, 1.82) is 0 Å². The Hall–Kier alpha value is -3.02. The third-order valence-corrected chi connectivity index (χ3v) is 4.24. The van der Waals surface area contributed by atoms with E-state index in [4.69, 9.17) is 9.47 Å². The molecular formula is C17H14N2O4. The van der Waals surface area contributed by atoms with Crippen molar-refractivity contribution in [3.8, 4) is 11.5 Å². The first-order chi connectivity index (χ1) is 11.0. The number of anilines is 1. The number of rotatable bonds is 1. The zero-order valence-corrected chi connectivity index (χ0v) is 12.6. The normalized spacial score (nSPS) is 21.1. The first kappa shape index (κ1) is 13.6. The Morgan fingerprint density at radius 1 is 1.13 bits per heavy atom. The summed E-state index contributed by atoms with van der Waals surface area (Å²) in [4.78, 5) is 12.4. The number of para-hydroxylation sites is 2. The van der Waals surface area contributed by atoms with Crippen molar-refractivity contribution in [2.45, 2.75) is 12.8 Å². The lowest BCUT2D eigenvalue weighted by Gasteiger charge is -2.38. The minimum Gasteiger partial charge on any atom is -0.431 e. The topological polar surface area (TPSA) is 64.8 Å². The van der Waals surface area contributed by atoms with Gasteiger partial charge in [-0.15, -0.1) is 0 Å². The number of non-ortho nitro benzene ring substituents is 1. The van der Waals surface area contributed by atoms with Crippen molar-refractivity contribution in [2.24, 2.45) is 0 Å². The van der Waals surface area contributed by atoms with Crippen LogP contribution < -0.4 is 14.4 Å². The Kier molecular flexibility index (Phi) is 2.66. The van der Waals surface area contributed by atoms with Gasteiger partial charge in [-0.05, 0) is 31.2 Å². The van der Waals surface area contributed by atoms with Crippen molar-refractivity contribution in [2.75, 3.05) is 11.9 Å². The maximum absolute atomic E-state index is 10.9. The number of fused-ring (bicyclic) bond motifs is 2. The quantitative estimate of drug-likeness (QED) is 0.595. The minimum absolute atomic E-state index is 0.0383. The van der Waals surface area contributed by atoms with Gasteiger partial charge in [-0.1, -0.05) is 12.1 Å². The van der Waals surface area contributed by atoms with Crippen molar-refractivity contribution in [3.05, 3.63) is 63.7 Å². The van der Waals surface area contributed by atoms with E-state index in [9.17, 15) is 10.1 Å². The van der Waals surface area contributed by atoms with Crippen LogP contribution in [-0.4, -0.2) is 17.9 Å². The van der Waals surface area contributed by atoms with E-state index in [-0.39, 0.29) is 5.69 Å². The van der Waals surface area contributed by atoms with E-state index in [2.05, 4.69) is 0 Å². The van der Waals surface area contributed by atoms with Gasteiger partial charge in [0.25, 0.3) is 5.69 Å². The van der Waals surface area contributed by atoms with Crippen LogP contribution in [0.2, 0.25) is 0 Å². The largest absolute Gasteiger partial charge is 0.431 e. The van der Waals surface area contributed by atoms with Gasteiger partial charge < -0.3 is 9.47 Å².